The lowest BCUT2D eigenvalue weighted by Crippen LogP contribution is -2.37. The molecule has 7 rings (SSSR count). The van der Waals surface area contributed by atoms with Crippen LogP contribution in [0.4, 0.5) is 0 Å². The molecular weight excluding hydrogens is 498 g/mol. The van der Waals surface area contributed by atoms with Crippen molar-refractivity contribution >= 4 is 17.0 Å². The monoisotopic (exact) mass is 535 g/mol. The Hall–Kier alpha value is -3.64. The van der Waals surface area contributed by atoms with Gasteiger partial charge in [-0.2, -0.15) is 0 Å². The molecule has 40 heavy (non-hydrogen) atoms. The molecule has 1 aliphatic heterocycles. The highest BCUT2D eigenvalue weighted by Gasteiger charge is 2.37. The molecule has 0 bridgehead atoms. The first-order valence-electron chi connectivity index (χ1n) is 14.9. The molecule has 3 aliphatic rings. The van der Waals surface area contributed by atoms with E-state index in [9.17, 15) is 4.79 Å². The van der Waals surface area contributed by atoms with Gasteiger partial charge in [-0.15, -0.1) is 0 Å². The molecule has 6 nitrogen and oxygen atoms in total. The van der Waals surface area contributed by atoms with E-state index in [0.29, 0.717) is 35.1 Å². The van der Waals surface area contributed by atoms with Crippen LogP contribution in [0, 0.1) is 0 Å². The van der Waals surface area contributed by atoms with Gasteiger partial charge in [0, 0.05) is 23.7 Å². The van der Waals surface area contributed by atoms with E-state index in [4.69, 9.17) is 9.47 Å². The highest BCUT2D eigenvalue weighted by Crippen LogP contribution is 2.47. The average molecular weight is 536 g/mol. The average Bonchev–Trinajstić information content (AvgIpc) is 3.54. The molecule has 3 fully saturated rings. The Morgan fingerprint density at radius 3 is 2.52 bits per heavy atom. The molecule has 1 saturated heterocycles. The number of benzene rings is 2. The van der Waals surface area contributed by atoms with Gasteiger partial charge in [0.15, 0.2) is 0 Å². The molecule has 1 atom stereocenters. The van der Waals surface area contributed by atoms with Crippen molar-refractivity contribution in [3.63, 3.8) is 0 Å². The molecule has 0 amide bonds. The normalized spacial score (nSPS) is 23.4. The molecular formula is C34H37N3O3. The first kappa shape index (κ1) is 25.3. The molecule has 2 aliphatic carbocycles. The minimum absolute atomic E-state index is 0.396. The Morgan fingerprint density at radius 2 is 1.73 bits per heavy atom. The fourth-order valence-electron chi connectivity index (χ4n) is 7.14. The number of H-pyrrole nitrogens is 1. The van der Waals surface area contributed by atoms with Crippen molar-refractivity contribution in [2.45, 2.75) is 75.3 Å². The van der Waals surface area contributed by atoms with Crippen molar-refractivity contribution < 1.29 is 14.3 Å². The van der Waals surface area contributed by atoms with E-state index in [0.717, 1.165) is 29.8 Å². The Morgan fingerprint density at radius 1 is 0.925 bits per heavy atom. The Kier molecular flexibility index (Phi) is 6.80. The predicted molar refractivity (Wildman–Crippen MR) is 156 cm³/mol. The molecule has 4 aromatic rings. The SMILES string of the molecule is COC(=O)c1ccc([C@H]2CC[C@H](N3CCC[C@H]3c3ccccc3C3CC3)CC2)cc1Oc1cnc2[nH]ccc2c1. The first-order chi connectivity index (χ1) is 19.7. The molecule has 206 valence electrons. The van der Waals surface area contributed by atoms with Crippen LogP contribution in [0.25, 0.3) is 11.0 Å². The zero-order valence-corrected chi connectivity index (χ0v) is 23.1. The van der Waals surface area contributed by atoms with Gasteiger partial charge in [0.25, 0.3) is 0 Å². The number of hydrogen-bond acceptors (Lipinski definition) is 5. The van der Waals surface area contributed by atoms with Crippen LogP contribution in [0.1, 0.15) is 96.3 Å². The Labute approximate surface area is 235 Å². The number of likely N-dealkylation sites (tertiary alicyclic amines) is 1. The number of carbonyl (C=O) groups excluding carboxylic acids is 1. The van der Waals surface area contributed by atoms with Crippen molar-refractivity contribution in [2.75, 3.05) is 13.7 Å². The number of esters is 1. The van der Waals surface area contributed by atoms with Crippen LogP contribution >= 0.6 is 0 Å². The zero-order valence-electron chi connectivity index (χ0n) is 23.1. The number of rotatable bonds is 7. The molecule has 3 heterocycles. The summed E-state index contributed by atoms with van der Waals surface area (Å²) in [5.41, 5.74) is 5.67. The van der Waals surface area contributed by atoms with Crippen molar-refractivity contribution in [3.8, 4) is 11.5 Å². The van der Waals surface area contributed by atoms with Crippen LogP contribution in [-0.2, 0) is 4.74 Å². The highest BCUT2D eigenvalue weighted by molar-refractivity contribution is 5.92. The van der Waals surface area contributed by atoms with Crippen molar-refractivity contribution in [1.82, 2.24) is 14.9 Å². The van der Waals surface area contributed by atoms with E-state index in [1.807, 2.05) is 30.5 Å². The summed E-state index contributed by atoms with van der Waals surface area (Å²) in [5, 5.41) is 0.964. The maximum Gasteiger partial charge on any atom is 0.341 e. The summed E-state index contributed by atoms with van der Waals surface area (Å²) in [4.78, 5) is 22.9. The summed E-state index contributed by atoms with van der Waals surface area (Å²) in [6, 6.07) is 20.3. The minimum Gasteiger partial charge on any atom is -0.465 e. The second-order valence-electron chi connectivity index (χ2n) is 11.7. The molecule has 6 heteroatoms. The summed E-state index contributed by atoms with van der Waals surface area (Å²) >= 11 is 0. The van der Waals surface area contributed by atoms with Crippen LogP contribution in [-0.4, -0.2) is 40.5 Å². The van der Waals surface area contributed by atoms with Crippen molar-refractivity contribution in [2.24, 2.45) is 0 Å². The third kappa shape index (κ3) is 4.90. The number of hydrogen-bond donors (Lipinski definition) is 1. The number of carbonyl (C=O) groups is 1. The highest BCUT2D eigenvalue weighted by atomic mass is 16.5. The molecule has 0 radical (unpaired) electrons. The molecule has 2 aromatic carbocycles. The number of methoxy groups -OCH3 is 1. The van der Waals surface area contributed by atoms with E-state index < -0.39 is 5.97 Å². The summed E-state index contributed by atoms with van der Waals surface area (Å²) in [6.07, 6.45) is 13.5. The second kappa shape index (κ2) is 10.7. The van der Waals surface area contributed by atoms with Gasteiger partial charge in [-0.25, -0.2) is 9.78 Å². The summed E-state index contributed by atoms with van der Waals surface area (Å²) < 4.78 is 11.3. The lowest BCUT2D eigenvalue weighted by molar-refractivity contribution is 0.0598. The topological polar surface area (TPSA) is 67.4 Å². The van der Waals surface area contributed by atoms with Gasteiger partial charge in [0.05, 0.1) is 13.3 Å². The van der Waals surface area contributed by atoms with Gasteiger partial charge in [-0.05, 0) is 111 Å². The van der Waals surface area contributed by atoms with Gasteiger partial charge in [0.1, 0.15) is 22.7 Å². The third-order valence-corrected chi connectivity index (χ3v) is 9.32. The lowest BCUT2D eigenvalue weighted by atomic mass is 9.80. The van der Waals surface area contributed by atoms with E-state index in [2.05, 4.69) is 45.2 Å². The number of aromatic amines is 1. The van der Waals surface area contributed by atoms with E-state index in [1.54, 1.807) is 17.3 Å². The molecule has 2 aromatic heterocycles. The number of nitrogens with zero attached hydrogens (tertiary/aromatic N) is 2. The Bertz CT molecular complexity index is 1520. The predicted octanol–water partition coefficient (Wildman–Crippen LogP) is 7.88. The third-order valence-electron chi connectivity index (χ3n) is 9.32. The van der Waals surface area contributed by atoms with Gasteiger partial charge >= 0.3 is 5.97 Å². The number of ether oxygens (including phenoxy) is 2. The van der Waals surface area contributed by atoms with Gasteiger partial charge in [-0.3, -0.25) is 4.90 Å². The number of fused-ring (bicyclic) bond motifs is 1. The van der Waals surface area contributed by atoms with E-state index >= 15 is 0 Å². The van der Waals surface area contributed by atoms with Crippen molar-refractivity contribution in [1.29, 1.82) is 0 Å². The smallest absolute Gasteiger partial charge is 0.341 e. The number of nitrogens with one attached hydrogen (secondary N) is 1. The number of pyridine rings is 1. The van der Waals surface area contributed by atoms with Crippen LogP contribution in [0.15, 0.2) is 67.0 Å². The standard InChI is InChI=1S/C34H37N3O3/c1-39-34(38)30-15-12-24(20-32(30)40-27-19-25-16-17-35-33(25)36-21-27)22-10-13-26(14-11-22)37-18-4-7-31(37)29-6-3-2-5-28(29)23-8-9-23/h2-3,5-6,12,15-17,19-23,26,31H,4,7-11,13-14,18H2,1H3,(H,35,36)/t22-,26-,31-/m0/s1. The van der Waals surface area contributed by atoms with E-state index in [-0.39, 0.29) is 0 Å². The quantitative estimate of drug-likeness (QED) is 0.244. The lowest BCUT2D eigenvalue weighted by Gasteiger charge is -2.39. The largest absolute Gasteiger partial charge is 0.465 e. The summed E-state index contributed by atoms with van der Waals surface area (Å²) in [5.74, 6) is 1.98. The van der Waals surface area contributed by atoms with E-state index in [1.165, 1.54) is 57.7 Å². The Balaban J connectivity index is 1.08. The first-order valence-corrected chi connectivity index (χ1v) is 14.9. The molecule has 1 N–H and O–H groups in total. The molecule has 2 saturated carbocycles. The maximum atomic E-state index is 12.6. The van der Waals surface area contributed by atoms with Crippen LogP contribution in [0.5, 0.6) is 11.5 Å². The van der Waals surface area contributed by atoms with Crippen LogP contribution in [0.2, 0.25) is 0 Å². The summed E-state index contributed by atoms with van der Waals surface area (Å²) in [7, 11) is 1.41. The maximum absolute atomic E-state index is 12.6. The molecule has 0 spiro atoms. The number of aromatic nitrogens is 2. The fraction of sp³-hybridized carbons (Fsp3) is 0.412. The van der Waals surface area contributed by atoms with Crippen LogP contribution < -0.4 is 4.74 Å². The fourth-order valence-corrected chi connectivity index (χ4v) is 7.14. The molecule has 0 unspecified atom stereocenters. The van der Waals surface area contributed by atoms with Crippen LogP contribution in [0.3, 0.4) is 0 Å². The van der Waals surface area contributed by atoms with Gasteiger partial charge in [0.2, 0.25) is 0 Å². The summed E-state index contributed by atoms with van der Waals surface area (Å²) in [6.45, 7) is 1.21. The minimum atomic E-state index is -0.396. The van der Waals surface area contributed by atoms with Gasteiger partial charge in [-0.1, -0.05) is 30.3 Å². The zero-order chi connectivity index (χ0) is 27.1. The van der Waals surface area contributed by atoms with Gasteiger partial charge < -0.3 is 14.5 Å². The van der Waals surface area contributed by atoms with Crippen molar-refractivity contribution in [3.05, 3.63) is 89.2 Å². The second-order valence-corrected chi connectivity index (χ2v) is 11.7.